The van der Waals surface area contributed by atoms with Gasteiger partial charge in [-0.2, -0.15) is 0 Å². The number of hydrogen-bond donors (Lipinski definition) is 1. The Kier molecular flexibility index (Phi) is 3.21. The van der Waals surface area contributed by atoms with Crippen molar-refractivity contribution >= 4 is 0 Å². The molecule has 5 nitrogen and oxygen atoms in total. The lowest BCUT2D eigenvalue weighted by Gasteiger charge is -2.22. The SMILES string of the molecule is Nn1c2c(c(=O)n(CC3CCCCC3)c1=O)CCC2. The van der Waals surface area contributed by atoms with Gasteiger partial charge in [0, 0.05) is 12.1 Å². The van der Waals surface area contributed by atoms with Crippen LogP contribution in [0.2, 0.25) is 0 Å². The zero-order chi connectivity index (χ0) is 13.4. The highest BCUT2D eigenvalue weighted by Crippen LogP contribution is 2.24. The summed E-state index contributed by atoms with van der Waals surface area (Å²) in [6.45, 7) is 0.544. The van der Waals surface area contributed by atoms with Gasteiger partial charge in [0.25, 0.3) is 5.56 Å². The predicted molar refractivity (Wildman–Crippen MR) is 73.7 cm³/mol. The first-order valence-corrected chi connectivity index (χ1v) is 7.31. The van der Waals surface area contributed by atoms with Crippen molar-refractivity contribution in [1.29, 1.82) is 0 Å². The van der Waals surface area contributed by atoms with Crippen molar-refractivity contribution in [2.24, 2.45) is 5.92 Å². The molecule has 0 spiro atoms. The molecule has 1 fully saturated rings. The first-order chi connectivity index (χ1) is 9.18. The number of rotatable bonds is 2. The first-order valence-electron chi connectivity index (χ1n) is 7.31. The minimum absolute atomic E-state index is 0.0928. The van der Waals surface area contributed by atoms with Crippen molar-refractivity contribution in [1.82, 2.24) is 9.24 Å². The Morgan fingerprint density at radius 1 is 1.05 bits per heavy atom. The van der Waals surface area contributed by atoms with Crippen LogP contribution in [0, 0.1) is 5.92 Å². The molecule has 0 bridgehead atoms. The molecular formula is C14H21N3O2. The number of nitrogens with zero attached hydrogens (tertiary/aromatic N) is 2. The molecule has 0 saturated heterocycles. The quantitative estimate of drug-likeness (QED) is 0.802. The van der Waals surface area contributed by atoms with Crippen LogP contribution in [-0.2, 0) is 19.4 Å². The van der Waals surface area contributed by atoms with Crippen LogP contribution < -0.4 is 17.1 Å². The number of hydrogen-bond acceptors (Lipinski definition) is 3. The standard InChI is InChI=1S/C14H21N3O2/c15-17-12-8-4-7-11(12)13(18)16(14(17)19)9-10-5-2-1-3-6-10/h10H,1-9,15H2. The largest absolute Gasteiger partial charge is 0.349 e. The number of nitrogen functional groups attached to an aromatic ring is 1. The Bertz CT molecular complexity index is 594. The van der Waals surface area contributed by atoms with E-state index in [1.807, 2.05) is 0 Å². The normalized spacial score (nSPS) is 19.6. The van der Waals surface area contributed by atoms with E-state index < -0.39 is 0 Å². The van der Waals surface area contributed by atoms with E-state index in [4.69, 9.17) is 5.84 Å². The summed E-state index contributed by atoms with van der Waals surface area (Å²) < 4.78 is 2.58. The zero-order valence-electron chi connectivity index (χ0n) is 11.2. The van der Waals surface area contributed by atoms with Crippen molar-refractivity contribution in [2.45, 2.75) is 57.9 Å². The van der Waals surface area contributed by atoms with Crippen LogP contribution in [0.3, 0.4) is 0 Å². The van der Waals surface area contributed by atoms with E-state index in [1.54, 1.807) is 0 Å². The highest BCUT2D eigenvalue weighted by Gasteiger charge is 2.23. The van der Waals surface area contributed by atoms with Crippen molar-refractivity contribution in [3.63, 3.8) is 0 Å². The third-order valence-corrected chi connectivity index (χ3v) is 4.59. The fraction of sp³-hybridized carbons (Fsp3) is 0.714. The Labute approximate surface area is 112 Å². The Morgan fingerprint density at radius 3 is 2.53 bits per heavy atom. The van der Waals surface area contributed by atoms with Gasteiger partial charge in [0.15, 0.2) is 0 Å². The molecule has 2 aliphatic carbocycles. The van der Waals surface area contributed by atoms with Crippen LogP contribution in [-0.4, -0.2) is 9.24 Å². The van der Waals surface area contributed by atoms with Gasteiger partial charge in [-0.05, 0) is 38.0 Å². The summed E-state index contributed by atoms with van der Waals surface area (Å²) in [5.41, 5.74) is 1.08. The Hall–Kier alpha value is -1.52. The molecular weight excluding hydrogens is 242 g/mol. The van der Waals surface area contributed by atoms with Crippen LogP contribution in [0.25, 0.3) is 0 Å². The molecule has 2 N–H and O–H groups in total. The molecule has 0 unspecified atom stereocenters. The van der Waals surface area contributed by atoms with E-state index >= 15 is 0 Å². The second kappa shape index (κ2) is 4.87. The predicted octanol–water partition coefficient (Wildman–Crippen LogP) is 0.793. The number of fused-ring (bicyclic) bond motifs is 1. The minimum Gasteiger partial charge on any atom is -0.335 e. The molecule has 0 atom stereocenters. The van der Waals surface area contributed by atoms with Gasteiger partial charge < -0.3 is 5.84 Å². The monoisotopic (exact) mass is 263 g/mol. The fourth-order valence-corrected chi connectivity index (χ4v) is 3.51. The molecule has 1 saturated carbocycles. The molecule has 0 aliphatic heterocycles. The third kappa shape index (κ3) is 2.11. The molecule has 0 radical (unpaired) electrons. The van der Waals surface area contributed by atoms with Crippen molar-refractivity contribution in [2.75, 3.05) is 5.84 Å². The van der Waals surface area contributed by atoms with Gasteiger partial charge in [0.05, 0.1) is 5.69 Å². The Balaban J connectivity index is 1.99. The summed E-state index contributed by atoms with van der Waals surface area (Å²) in [4.78, 5) is 24.6. The van der Waals surface area contributed by atoms with E-state index in [-0.39, 0.29) is 11.2 Å². The highest BCUT2D eigenvalue weighted by atomic mass is 16.2. The molecule has 5 heteroatoms. The van der Waals surface area contributed by atoms with Gasteiger partial charge in [0.1, 0.15) is 0 Å². The van der Waals surface area contributed by atoms with Gasteiger partial charge in [-0.1, -0.05) is 19.3 Å². The first kappa shape index (κ1) is 12.5. The second-order valence-electron chi connectivity index (χ2n) is 5.85. The van der Waals surface area contributed by atoms with Crippen molar-refractivity contribution in [3.05, 3.63) is 32.1 Å². The van der Waals surface area contributed by atoms with E-state index in [0.717, 1.165) is 43.4 Å². The molecule has 0 amide bonds. The molecule has 1 heterocycles. The molecule has 2 aliphatic rings. The molecule has 19 heavy (non-hydrogen) atoms. The summed E-state index contributed by atoms with van der Waals surface area (Å²) in [5, 5.41) is 0. The van der Waals surface area contributed by atoms with Crippen LogP contribution >= 0.6 is 0 Å². The highest BCUT2D eigenvalue weighted by molar-refractivity contribution is 5.23. The molecule has 3 rings (SSSR count). The number of nitrogens with two attached hydrogens (primary N) is 1. The zero-order valence-corrected chi connectivity index (χ0v) is 11.2. The molecule has 104 valence electrons. The average molecular weight is 263 g/mol. The van der Waals surface area contributed by atoms with E-state index in [9.17, 15) is 9.59 Å². The van der Waals surface area contributed by atoms with Crippen LogP contribution in [0.15, 0.2) is 9.59 Å². The maximum Gasteiger partial charge on any atom is 0.349 e. The molecule has 0 aromatic carbocycles. The van der Waals surface area contributed by atoms with Crippen LogP contribution in [0.4, 0.5) is 0 Å². The van der Waals surface area contributed by atoms with Gasteiger partial charge in [0.2, 0.25) is 0 Å². The number of aromatic nitrogens is 2. The lowest BCUT2D eigenvalue weighted by Crippen LogP contribution is -2.46. The lowest BCUT2D eigenvalue weighted by molar-refractivity contribution is 0.309. The lowest BCUT2D eigenvalue weighted by atomic mass is 9.89. The molecule has 1 aromatic heterocycles. The maximum absolute atomic E-state index is 12.4. The maximum atomic E-state index is 12.4. The summed E-state index contributed by atoms with van der Waals surface area (Å²) in [5.74, 6) is 6.31. The minimum atomic E-state index is -0.337. The van der Waals surface area contributed by atoms with Gasteiger partial charge in [-0.15, -0.1) is 0 Å². The van der Waals surface area contributed by atoms with Crippen LogP contribution in [0.1, 0.15) is 49.8 Å². The van der Waals surface area contributed by atoms with Crippen molar-refractivity contribution < 1.29 is 0 Å². The summed E-state index contributed by atoms with van der Waals surface area (Å²) >= 11 is 0. The second-order valence-corrected chi connectivity index (χ2v) is 5.85. The molecule has 1 aromatic rings. The van der Waals surface area contributed by atoms with Crippen molar-refractivity contribution in [3.8, 4) is 0 Å². The summed E-state index contributed by atoms with van der Waals surface area (Å²) in [7, 11) is 0. The van der Waals surface area contributed by atoms with E-state index in [2.05, 4.69) is 0 Å². The average Bonchev–Trinajstić information content (AvgIpc) is 2.92. The van der Waals surface area contributed by atoms with Gasteiger partial charge in [-0.3, -0.25) is 9.36 Å². The Morgan fingerprint density at radius 2 is 1.79 bits per heavy atom. The van der Waals surface area contributed by atoms with E-state index in [0.29, 0.717) is 12.5 Å². The third-order valence-electron chi connectivity index (χ3n) is 4.59. The van der Waals surface area contributed by atoms with E-state index in [1.165, 1.54) is 28.5 Å². The smallest absolute Gasteiger partial charge is 0.335 e. The van der Waals surface area contributed by atoms with Gasteiger partial charge in [-0.25, -0.2) is 9.47 Å². The summed E-state index contributed by atoms with van der Waals surface area (Å²) in [6, 6.07) is 0. The summed E-state index contributed by atoms with van der Waals surface area (Å²) in [6.07, 6.45) is 8.37. The van der Waals surface area contributed by atoms with Crippen LogP contribution in [0.5, 0.6) is 0 Å². The fourth-order valence-electron chi connectivity index (χ4n) is 3.51. The van der Waals surface area contributed by atoms with Gasteiger partial charge >= 0.3 is 5.69 Å². The topological polar surface area (TPSA) is 70.0 Å².